The van der Waals surface area contributed by atoms with Crippen molar-refractivity contribution < 1.29 is 9.84 Å². The largest absolute Gasteiger partial charge is 0.508 e. The smallest absolute Gasteiger partial charge is 0.247 e. The number of rotatable bonds is 7. The van der Waals surface area contributed by atoms with Gasteiger partial charge in [-0.05, 0) is 92.1 Å². The Balaban J connectivity index is 1.20. The minimum atomic E-state index is 0.130. The predicted octanol–water partition coefficient (Wildman–Crippen LogP) is 4.24. The first-order chi connectivity index (χ1) is 20.1. The van der Waals surface area contributed by atoms with Crippen LogP contribution in [0.25, 0.3) is 21.9 Å². The molecule has 2 atom stereocenters. The molecule has 2 aromatic carbocycles. The molecule has 2 N–H and O–H groups in total. The molecular weight excluding hydrogens is 514 g/mol. The highest BCUT2D eigenvalue weighted by Crippen LogP contribution is 2.40. The summed E-state index contributed by atoms with van der Waals surface area (Å²) in [5.74, 6) is 1.60. The van der Waals surface area contributed by atoms with E-state index in [1.807, 2.05) is 18.5 Å². The molecule has 0 spiro atoms. The molecule has 8 rings (SSSR count). The first-order valence-corrected chi connectivity index (χ1v) is 15.4. The van der Waals surface area contributed by atoms with Gasteiger partial charge in [0.2, 0.25) is 11.8 Å². The number of imidazole rings is 1. The molecule has 2 aromatic heterocycles. The molecule has 4 aliphatic rings. The number of hydrogen-bond donors (Lipinski definition) is 2. The molecule has 214 valence electrons. The van der Waals surface area contributed by atoms with E-state index in [0.717, 1.165) is 42.1 Å². The molecule has 6 heterocycles. The molecule has 4 saturated heterocycles. The zero-order chi connectivity index (χ0) is 27.6. The van der Waals surface area contributed by atoms with Gasteiger partial charge in [0.25, 0.3) is 0 Å². The van der Waals surface area contributed by atoms with Crippen LogP contribution in [0.15, 0.2) is 36.7 Å². The van der Waals surface area contributed by atoms with Crippen molar-refractivity contribution in [3.63, 3.8) is 0 Å². The third kappa shape index (κ3) is 4.32. The van der Waals surface area contributed by atoms with Gasteiger partial charge in [0, 0.05) is 25.2 Å². The topological polar surface area (TPSA) is 91.6 Å². The highest BCUT2D eigenvalue weighted by molar-refractivity contribution is 5.90. The number of nitrogens with zero attached hydrogens (tertiary/aromatic N) is 6. The van der Waals surface area contributed by atoms with Gasteiger partial charge < -0.3 is 24.6 Å². The van der Waals surface area contributed by atoms with Crippen molar-refractivity contribution in [2.45, 2.75) is 76.0 Å². The number of phenolic OH excluding ortho intramolecular Hbond substituents is 1. The predicted molar refractivity (Wildman–Crippen MR) is 160 cm³/mol. The van der Waals surface area contributed by atoms with Crippen molar-refractivity contribution >= 4 is 27.9 Å². The molecule has 4 aliphatic heterocycles. The second kappa shape index (κ2) is 9.84. The first kappa shape index (κ1) is 25.3. The highest BCUT2D eigenvalue weighted by Gasteiger charge is 2.45. The number of anilines is 1. The van der Waals surface area contributed by atoms with Crippen LogP contribution in [0.5, 0.6) is 11.6 Å². The van der Waals surface area contributed by atoms with E-state index in [1.165, 1.54) is 62.6 Å². The number of phenols is 1. The van der Waals surface area contributed by atoms with Gasteiger partial charge in [0.05, 0.1) is 18.4 Å². The number of benzene rings is 2. The summed E-state index contributed by atoms with van der Waals surface area (Å²) in [6, 6.07) is 11.0. The van der Waals surface area contributed by atoms with Crippen LogP contribution >= 0.6 is 0 Å². The van der Waals surface area contributed by atoms with E-state index in [9.17, 15) is 5.11 Å². The number of fused-ring (bicyclic) bond motifs is 5. The molecule has 4 aromatic rings. The lowest BCUT2D eigenvalue weighted by atomic mass is 9.95. The lowest BCUT2D eigenvalue weighted by molar-refractivity contribution is 0.111. The van der Waals surface area contributed by atoms with Crippen LogP contribution in [0.2, 0.25) is 0 Å². The SMILES string of the molecule is CCc1cccc2cc(O)cc(Cn3cnc4c(OCC56CCCN5CCC6)nc(N5CC6CCC(C5)N6)nc43)c12. The monoisotopic (exact) mass is 553 g/mol. The molecule has 2 bridgehead atoms. The lowest BCUT2D eigenvalue weighted by Crippen LogP contribution is -2.51. The fourth-order valence-corrected chi connectivity index (χ4v) is 8.08. The molecule has 0 saturated carbocycles. The Hall–Kier alpha value is -3.43. The maximum absolute atomic E-state index is 10.6. The normalized spacial score (nSPS) is 23.6. The Kier molecular flexibility index (Phi) is 6.07. The molecule has 9 heteroatoms. The number of hydrogen-bond acceptors (Lipinski definition) is 8. The zero-order valence-corrected chi connectivity index (χ0v) is 23.8. The molecule has 9 nitrogen and oxygen atoms in total. The summed E-state index contributed by atoms with van der Waals surface area (Å²) in [6.07, 6.45) is 10.0. The van der Waals surface area contributed by atoms with Gasteiger partial charge in [-0.15, -0.1) is 0 Å². The number of nitrogens with one attached hydrogen (secondary N) is 1. The highest BCUT2D eigenvalue weighted by atomic mass is 16.5. The van der Waals surface area contributed by atoms with Crippen molar-refractivity contribution in [2.75, 3.05) is 37.7 Å². The van der Waals surface area contributed by atoms with Crippen molar-refractivity contribution in [2.24, 2.45) is 0 Å². The fourth-order valence-electron chi connectivity index (χ4n) is 8.08. The van der Waals surface area contributed by atoms with Crippen LogP contribution in [0.4, 0.5) is 5.95 Å². The average molecular weight is 554 g/mol. The minimum Gasteiger partial charge on any atom is -0.508 e. The maximum Gasteiger partial charge on any atom is 0.247 e. The standard InChI is InChI=1S/C32H39N7O2/c1-2-21-6-3-7-22-14-26(40)15-23(27(21)22)16-38-20-33-28-29(38)35-31(37-17-24-8-9-25(18-37)34-24)36-30(28)41-19-32-10-4-12-39(32)13-5-11-32/h3,6-7,14-15,20,24-25,34,40H,2,4-5,8-13,16-19H2,1H3. The Morgan fingerprint density at radius 1 is 1.05 bits per heavy atom. The lowest BCUT2D eigenvalue weighted by Gasteiger charge is -2.33. The Morgan fingerprint density at radius 3 is 2.63 bits per heavy atom. The zero-order valence-electron chi connectivity index (χ0n) is 23.8. The summed E-state index contributed by atoms with van der Waals surface area (Å²) in [4.78, 5) is 19.9. The van der Waals surface area contributed by atoms with E-state index in [2.05, 4.69) is 44.8 Å². The Morgan fingerprint density at radius 2 is 1.85 bits per heavy atom. The fraction of sp³-hybridized carbons (Fsp3) is 0.531. The van der Waals surface area contributed by atoms with Crippen molar-refractivity contribution in [3.8, 4) is 11.6 Å². The Labute approximate surface area is 240 Å². The van der Waals surface area contributed by atoms with Crippen molar-refractivity contribution in [1.29, 1.82) is 0 Å². The van der Waals surface area contributed by atoms with Crippen molar-refractivity contribution in [1.82, 2.24) is 29.7 Å². The third-order valence-electron chi connectivity index (χ3n) is 10.1. The summed E-state index contributed by atoms with van der Waals surface area (Å²) in [5, 5.41) is 16.6. The van der Waals surface area contributed by atoms with Crippen LogP contribution in [-0.2, 0) is 13.0 Å². The third-order valence-corrected chi connectivity index (χ3v) is 10.1. The molecule has 0 aliphatic carbocycles. The average Bonchev–Trinajstić information content (AvgIpc) is 3.75. The molecular formula is C32H39N7O2. The summed E-state index contributed by atoms with van der Waals surface area (Å²) >= 11 is 0. The summed E-state index contributed by atoms with van der Waals surface area (Å²) in [5.41, 5.74) is 3.96. The van der Waals surface area contributed by atoms with Gasteiger partial charge in [-0.1, -0.05) is 25.1 Å². The van der Waals surface area contributed by atoms with Gasteiger partial charge in [-0.25, -0.2) is 4.98 Å². The van der Waals surface area contributed by atoms with Crippen LogP contribution in [0.3, 0.4) is 0 Å². The number of aromatic nitrogens is 4. The van der Waals surface area contributed by atoms with Gasteiger partial charge in [0.15, 0.2) is 11.2 Å². The molecule has 41 heavy (non-hydrogen) atoms. The number of aromatic hydroxyl groups is 1. The van der Waals surface area contributed by atoms with E-state index in [4.69, 9.17) is 19.7 Å². The van der Waals surface area contributed by atoms with Gasteiger partial charge in [0.1, 0.15) is 12.4 Å². The maximum atomic E-state index is 10.6. The van der Waals surface area contributed by atoms with Crippen LogP contribution in [0.1, 0.15) is 56.6 Å². The van der Waals surface area contributed by atoms with Crippen LogP contribution in [-0.4, -0.2) is 79.9 Å². The number of aryl methyl sites for hydroxylation is 1. The second-order valence-electron chi connectivity index (χ2n) is 12.6. The number of piperazine rings is 1. The van der Waals surface area contributed by atoms with Crippen LogP contribution < -0.4 is 15.0 Å². The molecule has 4 fully saturated rings. The van der Waals surface area contributed by atoms with E-state index >= 15 is 0 Å². The van der Waals surface area contributed by atoms with Gasteiger partial charge in [-0.2, -0.15) is 9.97 Å². The molecule has 0 amide bonds. The van der Waals surface area contributed by atoms with E-state index < -0.39 is 0 Å². The minimum absolute atomic E-state index is 0.130. The molecule has 0 radical (unpaired) electrons. The van der Waals surface area contributed by atoms with Crippen LogP contribution in [0, 0.1) is 0 Å². The summed E-state index contributed by atoms with van der Waals surface area (Å²) in [6.45, 7) is 7.53. The van der Waals surface area contributed by atoms with Gasteiger partial charge >= 0.3 is 0 Å². The van der Waals surface area contributed by atoms with E-state index in [1.54, 1.807) is 0 Å². The van der Waals surface area contributed by atoms with E-state index in [0.29, 0.717) is 36.6 Å². The Bertz CT molecular complexity index is 1590. The summed E-state index contributed by atoms with van der Waals surface area (Å²) < 4.78 is 8.74. The second-order valence-corrected chi connectivity index (χ2v) is 12.6. The first-order valence-electron chi connectivity index (χ1n) is 15.4. The van der Waals surface area contributed by atoms with E-state index in [-0.39, 0.29) is 11.3 Å². The van der Waals surface area contributed by atoms with Crippen molar-refractivity contribution in [3.05, 3.63) is 47.8 Å². The number of ether oxygens (including phenoxy) is 1. The quantitative estimate of drug-likeness (QED) is 0.351. The van der Waals surface area contributed by atoms with Gasteiger partial charge in [-0.3, -0.25) is 4.90 Å². The summed E-state index contributed by atoms with van der Waals surface area (Å²) in [7, 11) is 0. The molecule has 2 unspecified atom stereocenters.